The van der Waals surface area contributed by atoms with Crippen molar-refractivity contribution >= 4 is 28.5 Å². The van der Waals surface area contributed by atoms with E-state index < -0.39 is 0 Å². The molecule has 1 aromatic carbocycles. The lowest BCUT2D eigenvalue weighted by Crippen LogP contribution is -2.37. The molecular weight excluding hydrogens is 350 g/mol. The van der Waals surface area contributed by atoms with Gasteiger partial charge in [-0.25, -0.2) is 15.0 Å². The molecule has 3 aromatic rings. The first kappa shape index (κ1) is 17.0. The molecule has 0 amide bonds. The molecular formula is C19H20ClN5O. The zero-order chi connectivity index (χ0) is 18.1. The van der Waals surface area contributed by atoms with Gasteiger partial charge in [0.1, 0.15) is 5.82 Å². The Morgan fingerprint density at radius 2 is 1.85 bits per heavy atom. The van der Waals surface area contributed by atoms with Gasteiger partial charge in [0.25, 0.3) is 5.56 Å². The predicted molar refractivity (Wildman–Crippen MR) is 103 cm³/mol. The predicted octanol–water partition coefficient (Wildman–Crippen LogP) is 3.06. The second-order valence-electron chi connectivity index (χ2n) is 6.72. The van der Waals surface area contributed by atoms with Crippen molar-refractivity contribution in [3.63, 3.8) is 0 Å². The molecule has 0 bridgehead atoms. The zero-order valence-corrected chi connectivity index (χ0v) is 15.4. The highest BCUT2D eigenvalue weighted by molar-refractivity contribution is 6.30. The minimum atomic E-state index is 0.0524. The number of nitrogens with zero attached hydrogens (tertiary/aromatic N) is 5. The van der Waals surface area contributed by atoms with Crippen molar-refractivity contribution in [2.75, 3.05) is 18.0 Å². The number of para-hydroxylation sites is 1. The molecule has 1 fully saturated rings. The van der Waals surface area contributed by atoms with E-state index in [-0.39, 0.29) is 5.56 Å². The Bertz CT molecular complexity index is 977. The number of aryl methyl sites for hydroxylation is 1. The van der Waals surface area contributed by atoms with Crippen LogP contribution in [0.2, 0.25) is 5.02 Å². The average Bonchev–Trinajstić information content (AvgIpc) is 2.66. The summed E-state index contributed by atoms with van der Waals surface area (Å²) in [6.45, 7) is 4.37. The first-order chi connectivity index (χ1) is 12.6. The number of hydrogen-bond donors (Lipinski definition) is 0. The minimum absolute atomic E-state index is 0.0524. The molecule has 7 heteroatoms. The largest absolute Gasteiger partial charge is 0.341 e. The maximum atomic E-state index is 12.8. The summed E-state index contributed by atoms with van der Waals surface area (Å²) in [6.07, 6.45) is 5.23. The summed E-state index contributed by atoms with van der Waals surface area (Å²) in [4.78, 5) is 28.2. The van der Waals surface area contributed by atoms with Gasteiger partial charge in [-0.15, -0.1) is 0 Å². The molecule has 0 spiro atoms. The average molecular weight is 370 g/mol. The molecule has 1 aliphatic rings. The molecule has 1 aliphatic heterocycles. The van der Waals surface area contributed by atoms with Crippen molar-refractivity contribution in [1.82, 2.24) is 19.5 Å². The molecule has 2 aromatic heterocycles. The molecule has 26 heavy (non-hydrogen) atoms. The Kier molecular flexibility index (Phi) is 4.59. The Hall–Kier alpha value is -2.47. The monoisotopic (exact) mass is 369 g/mol. The van der Waals surface area contributed by atoms with Crippen LogP contribution in [0, 0.1) is 12.8 Å². The van der Waals surface area contributed by atoms with Crippen LogP contribution in [0.5, 0.6) is 0 Å². The van der Waals surface area contributed by atoms with Gasteiger partial charge in [-0.2, -0.15) is 0 Å². The van der Waals surface area contributed by atoms with E-state index in [9.17, 15) is 4.79 Å². The molecule has 1 saturated heterocycles. The van der Waals surface area contributed by atoms with Crippen molar-refractivity contribution in [3.05, 3.63) is 57.9 Å². The van der Waals surface area contributed by atoms with Crippen LogP contribution in [0.4, 0.5) is 5.95 Å². The third kappa shape index (κ3) is 3.29. The van der Waals surface area contributed by atoms with Crippen LogP contribution in [0.25, 0.3) is 10.9 Å². The van der Waals surface area contributed by atoms with E-state index in [1.54, 1.807) is 12.4 Å². The molecule has 0 aliphatic carbocycles. The molecule has 0 unspecified atom stereocenters. The maximum absolute atomic E-state index is 12.8. The number of benzene rings is 1. The fourth-order valence-corrected chi connectivity index (χ4v) is 3.63. The SMILES string of the molecule is Cc1nc2ccccc2c(=O)n1CC1CCN(c2ncc(Cl)cn2)CC1. The third-order valence-corrected chi connectivity index (χ3v) is 5.19. The number of piperidine rings is 1. The fourth-order valence-electron chi connectivity index (χ4n) is 3.54. The fraction of sp³-hybridized carbons (Fsp3) is 0.368. The summed E-state index contributed by atoms with van der Waals surface area (Å²) in [7, 11) is 0. The number of anilines is 1. The van der Waals surface area contributed by atoms with E-state index in [1.807, 2.05) is 35.8 Å². The number of rotatable bonds is 3. The van der Waals surface area contributed by atoms with Gasteiger partial charge < -0.3 is 4.90 Å². The Morgan fingerprint density at radius 1 is 1.15 bits per heavy atom. The van der Waals surface area contributed by atoms with Crippen molar-refractivity contribution < 1.29 is 0 Å². The molecule has 0 N–H and O–H groups in total. The molecule has 0 radical (unpaired) electrons. The topological polar surface area (TPSA) is 63.9 Å². The van der Waals surface area contributed by atoms with Gasteiger partial charge in [0.15, 0.2) is 0 Å². The van der Waals surface area contributed by atoms with Crippen molar-refractivity contribution in [2.45, 2.75) is 26.3 Å². The standard InChI is InChI=1S/C19H20ClN5O/c1-13-23-17-5-3-2-4-16(17)18(26)25(13)12-14-6-8-24(9-7-14)19-21-10-15(20)11-22-19/h2-5,10-11,14H,6-9,12H2,1H3. The highest BCUT2D eigenvalue weighted by atomic mass is 35.5. The quantitative estimate of drug-likeness (QED) is 0.710. The number of halogens is 1. The summed E-state index contributed by atoms with van der Waals surface area (Å²) < 4.78 is 1.82. The number of aromatic nitrogens is 4. The summed E-state index contributed by atoms with van der Waals surface area (Å²) in [5.74, 6) is 1.93. The van der Waals surface area contributed by atoms with Crippen molar-refractivity contribution in [1.29, 1.82) is 0 Å². The lowest BCUT2D eigenvalue weighted by Gasteiger charge is -2.32. The lowest BCUT2D eigenvalue weighted by atomic mass is 9.96. The Labute approximate surface area is 156 Å². The maximum Gasteiger partial charge on any atom is 0.261 e. The van der Waals surface area contributed by atoms with Gasteiger partial charge in [0, 0.05) is 19.6 Å². The van der Waals surface area contributed by atoms with Gasteiger partial charge in [-0.05, 0) is 37.8 Å². The van der Waals surface area contributed by atoms with E-state index in [1.165, 1.54) is 0 Å². The first-order valence-corrected chi connectivity index (χ1v) is 9.18. The van der Waals surface area contributed by atoms with Gasteiger partial charge in [0.05, 0.1) is 28.3 Å². The summed E-state index contributed by atoms with van der Waals surface area (Å²) in [5.41, 5.74) is 0.817. The highest BCUT2D eigenvalue weighted by Crippen LogP contribution is 2.22. The van der Waals surface area contributed by atoms with Crippen molar-refractivity contribution in [3.8, 4) is 0 Å². The van der Waals surface area contributed by atoms with Crippen LogP contribution < -0.4 is 10.5 Å². The second kappa shape index (κ2) is 7.03. The zero-order valence-electron chi connectivity index (χ0n) is 14.6. The number of fused-ring (bicyclic) bond motifs is 1. The molecule has 3 heterocycles. The summed E-state index contributed by atoms with van der Waals surface area (Å²) >= 11 is 5.85. The van der Waals surface area contributed by atoms with E-state index in [0.29, 0.717) is 28.8 Å². The van der Waals surface area contributed by atoms with Crippen LogP contribution in [0.3, 0.4) is 0 Å². The van der Waals surface area contributed by atoms with E-state index in [4.69, 9.17) is 11.6 Å². The summed E-state index contributed by atoms with van der Waals surface area (Å²) in [5, 5.41) is 1.23. The van der Waals surface area contributed by atoms with Crippen LogP contribution in [-0.2, 0) is 6.54 Å². The molecule has 4 rings (SSSR count). The van der Waals surface area contributed by atoms with E-state index in [2.05, 4.69) is 19.9 Å². The van der Waals surface area contributed by atoms with Gasteiger partial charge in [0.2, 0.25) is 5.95 Å². The minimum Gasteiger partial charge on any atom is -0.341 e. The number of hydrogen-bond acceptors (Lipinski definition) is 5. The van der Waals surface area contributed by atoms with Gasteiger partial charge >= 0.3 is 0 Å². The van der Waals surface area contributed by atoms with E-state index >= 15 is 0 Å². The normalized spacial score (nSPS) is 15.5. The highest BCUT2D eigenvalue weighted by Gasteiger charge is 2.22. The van der Waals surface area contributed by atoms with Gasteiger partial charge in [-0.1, -0.05) is 23.7 Å². The van der Waals surface area contributed by atoms with Crippen LogP contribution in [0.15, 0.2) is 41.5 Å². The molecule has 6 nitrogen and oxygen atoms in total. The Balaban J connectivity index is 1.49. The molecule has 134 valence electrons. The first-order valence-electron chi connectivity index (χ1n) is 8.80. The van der Waals surface area contributed by atoms with Gasteiger partial charge in [-0.3, -0.25) is 9.36 Å². The second-order valence-corrected chi connectivity index (χ2v) is 7.16. The van der Waals surface area contributed by atoms with Crippen LogP contribution in [0.1, 0.15) is 18.7 Å². The molecule has 0 atom stereocenters. The lowest BCUT2D eigenvalue weighted by molar-refractivity contribution is 0.347. The van der Waals surface area contributed by atoms with Crippen LogP contribution in [-0.4, -0.2) is 32.6 Å². The summed E-state index contributed by atoms with van der Waals surface area (Å²) in [6, 6.07) is 7.53. The Morgan fingerprint density at radius 3 is 2.58 bits per heavy atom. The van der Waals surface area contributed by atoms with E-state index in [0.717, 1.165) is 37.3 Å². The smallest absolute Gasteiger partial charge is 0.261 e. The van der Waals surface area contributed by atoms with Crippen LogP contribution >= 0.6 is 11.6 Å². The van der Waals surface area contributed by atoms with Crippen molar-refractivity contribution in [2.24, 2.45) is 5.92 Å². The molecule has 0 saturated carbocycles. The third-order valence-electron chi connectivity index (χ3n) is 5.00.